The van der Waals surface area contributed by atoms with Crippen LogP contribution in [0, 0.1) is 0 Å². The number of Topliss-reactive ketones (excluding diaryl/α,β-unsaturated/α-hetero) is 1. The SMILES string of the molecule is COc1ccc(C2=C(SC)c3cc(OC)ccc3C2=O)cc1. The van der Waals surface area contributed by atoms with E-state index >= 15 is 0 Å². The van der Waals surface area contributed by atoms with E-state index in [9.17, 15) is 4.79 Å². The third kappa shape index (κ3) is 2.29. The molecule has 1 aliphatic carbocycles. The topological polar surface area (TPSA) is 35.5 Å². The summed E-state index contributed by atoms with van der Waals surface area (Å²) < 4.78 is 10.5. The number of hydrogen-bond donors (Lipinski definition) is 0. The van der Waals surface area contributed by atoms with Gasteiger partial charge in [-0.1, -0.05) is 12.1 Å². The van der Waals surface area contributed by atoms with Crippen molar-refractivity contribution in [3.05, 3.63) is 59.2 Å². The Hall–Kier alpha value is -2.20. The van der Waals surface area contributed by atoms with Crippen LogP contribution in [0.5, 0.6) is 11.5 Å². The summed E-state index contributed by atoms with van der Waals surface area (Å²) >= 11 is 1.58. The second-order valence-corrected chi connectivity index (χ2v) is 5.69. The third-order valence-electron chi connectivity index (χ3n) is 3.75. The van der Waals surface area contributed by atoms with Crippen molar-refractivity contribution >= 4 is 28.0 Å². The van der Waals surface area contributed by atoms with Crippen LogP contribution in [0.1, 0.15) is 21.5 Å². The molecule has 0 saturated heterocycles. The van der Waals surface area contributed by atoms with Gasteiger partial charge in [-0.25, -0.2) is 0 Å². The molecule has 2 aromatic carbocycles. The predicted octanol–water partition coefficient (Wildman–Crippen LogP) is 4.13. The number of benzene rings is 2. The molecule has 0 aliphatic heterocycles. The zero-order valence-electron chi connectivity index (χ0n) is 12.7. The molecule has 2 aromatic rings. The first-order chi connectivity index (χ1) is 10.7. The largest absolute Gasteiger partial charge is 0.497 e. The summed E-state index contributed by atoms with van der Waals surface area (Å²) in [4.78, 5) is 13.8. The summed E-state index contributed by atoms with van der Waals surface area (Å²) in [6, 6.07) is 13.2. The maximum absolute atomic E-state index is 12.8. The first-order valence-corrected chi connectivity index (χ1v) is 8.08. The minimum atomic E-state index is 0.0622. The molecule has 112 valence electrons. The summed E-state index contributed by atoms with van der Waals surface area (Å²) in [6.07, 6.45) is 1.99. The van der Waals surface area contributed by atoms with Crippen molar-refractivity contribution < 1.29 is 14.3 Å². The smallest absolute Gasteiger partial charge is 0.195 e. The van der Waals surface area contributed by atoms with E-state index in [-0.39, 0.29) is 5.78 Å². The Labute approximate surface area is 133 Å². The molecule has 0 unspecified atom stereocenters. The normalized spacial score (nSPS) is 13.3. The molecule has 4 heteroatoms. The molecule has 0 radical (unpaired) electrons. The predicted molar refractivity (Wildman–Crippen MR) is 90.6 cm³/mol. The lowest BCUT2D eigenvalue weighted by atomic mass is 10.0. The van der Waals surface area contributed by atoms with Crippen LogP contribution in [-0.4, -0.2) is 26.3 Å². The standard InChI is InChI=1S/C18H16O3S/c1-20-12-6-4-11(5-7-12)16-17(19)14-9-8-13(21-2)10-15(14)18(16)22-3/h4-10H,1-3H3. The van der Waals surface area contributed by atoms with E-state index in [2.05, 4.69) is 0 Å². The molecule has 22 heavy (non-hydrogen) atoms. The van der Waals surface area contributed by atoms with Crippen LogP contribution in [0.25, 0.3) is 10.5 Å². The van der Waals surface area contributed by atoms with E-state index in [4.69, 9.17) is 9.47 Å². The minimum absolute atomic E-state index is 0.0622. The fraction of sp³-hybridized carbons (Fsp3) is 0.167. The van der Waals surface area contributed by atoms with Gasteiger partial charge in [-0.15, -0.1) is 11.8 Å². The van der Waals surface area contributed by atoms with Gasteiger partial charge in [-0.3, -0.25) is 4.79 Å². The maximum atomic E-state index is 12.8. The van der Waals surface area contributed by atoms with Gasteiger partial charge in [0.15, 0.2) is 5.78 Å². The van der Waals surface area contributed by atoms with Crippen molar-refractivity contribution in [3.63, 3.8) is 0 Å². The minimum Gasteiger partial charge on any atom is -0.497 e. The van der Waals surface area contributed by atoms with Gasteiger partial charge in [0.1, 0.15) is 11.5 Å². The second-order valence-electron chi connectivity index (χ2n) is 4.88. The molecule has 0 N–H and O–H groups in total. The fourth-order valence-corrected chi connectivity index (χ4v) is 3.44. The highest BCUT2D eigenvalue weighted by Crippen LogP contribution is 2.44. The second kappa shape index (κ2) is 5.89. The summed E-state index contributed by atoms with van der Waals surface area (Å²) in [5, 5.41) is 0. The third-order valence-corrected chi connectivity index (χ3v) is 4.59. The average Bonchev–Trinajstić information content (AvgIpc) is 2.86. The van der Waals surface area contributed by atoms with Crippen LogP contribution >= 0.6 is 11.8 Å². The Morgan fingerprint density at radius 3 is 2.09 bits per heavy atom. The van der Waals surface area contributed by atoms with Gasteiger partial charge in [-0.2, -0.15) is 0 Å². The van der Waals surface area contributed by atoms with E-state index in [1.54, 1.807) is 26.0 Å². The molecule has 0 saturated carbocycles. The number of ether oxygens (including phenoxy) is 2. The summed E-state index contributed by atoms with van der Waals surface area (Å²) in [7, 11) is 3.26. The Morgan fingerprint density at radius 1 is 0.864 bits per heavy atom. The Balaban J connectivity index is 2.14. The molecule has 0 fully saturated rings. The number of rotatable bonds is 4. The van der Waals surface area contributed by atoms with Gasteiger partial charge in [0.25, 0.3) is 0 Å². The molecule has 0 atom stereocenters. The fourth-order valence-electron chi connectivity index (χ4n) is 2.64. The van der Waals surface area contributed by atoms with Gasteiger partial charge in [-0.05, 0) is 42.2 Å². The summed E-state index contributed by atoms with van der Waals surface area (Å²) in [5.41, 5.74) is 3.34. The molecule has 0 aromatic heterocycles. The molecule has 1 aliphatic rings. The van der Waals surface area contributed by atoms with E-state index in [0.29, 0.717) is 0 Å². The number of hydrogen-bond acceptors (Lipinski definition) is 4. The van der Waals surface area contributed by atoms with Crippen molar-refractivity contribution in [2.24, 2.45) is 0 Å². The first-order valence-electron chi connectivity index (χ1n) is 6.85. The maximum Gasteiger partial charge on any atom is 0.195 e. The summed E-state index contributed by atoms with van der Waals surface area (Å²) in [5.74, 6) is 1.60. The number of carbonyl (C=O) groups excluding carboxylic acids is 1. The highest BCUT2D eigenvalue weighted by Gasteiger charge is 2.30. The summed E-state index contributed by atoms with van der Waals surface area (Å²) in [6.45, 7) is 0. The van der Waals surface area contributed by atoms with E-state index in [1.807, 2.05) is 48.7 Å². The Kier molecular flexibility index (Phi) is 3.94. The monoisotopic (exact) mass is 312 g/mol. The van der Waals surface area contributed by atoms with Crippen LogP contribution in [0.2, 0.25) is 0 Å². The first kappa shape index (κ1) is 14.7. The zero-order valence-corrected chi connectivity index (χ0v) is 13.5. The van der Waals surface area contributed by atoms with Gasteiger partial charge >= 0.3 is 0 Å². The molecular formula is C18H16O3S. The highest BCUT2D eigenvalue weighted by molar-refractivity contribution is 8.08. The van der Waals surface area contributed by atoms with Crippen LogP contribution in [0.3, 0.4) is 0 Å². The molecule has 3 rings (SSSR count). The number of thioether (sulfide) groups is 1. The van der Waals surface area contributed by atoms with Gasteiger partial charge in [0, 0.05) is 21.6 Å². The molecule has 0 heterocycles. The number of fused-ring (bicyclic) bond motifs is 1. The average molecular weight is 312 g/mol. The highest BCUT2D eigenvalue weighted by atomic mass is 32.2. The van der Waals surface area contributed by atoms with Gasteiger partial charge < -0.3 is 9.47 Å². The molecule has 0 amide bonds. The lowest BCUT2D eigenvalue weighted by Gasteiger charge is -2.06. The lowest BCUT2D eigenvalue weighted by molar-refractivity contribution is 0.105. The van der Waals surface area contributed by atoms with Crippen LogP contribution in [0.15, 0.2) is 42.5 Å². The molecular weight excluding hydrogens is 296 g/mol. The van der Waals surface area contributed by atoms with Gasteiger partial charge in [0.05, 0.1) is 14.2 Å². The zero-order chi connectivity index (χ0) is 15.7. The van der Waals surface area contributed by atoms with Crippen LogP contribution in [0.4, 0.5) is 0 Å². The Bertz CT molecular complexity index is 760. The van der Waals surface area contributed by atoms with Crippen molar-refractivity contribution in [1.82, 2.24) is 0 Å². The molecule has 3 nitrogen and oxygen atoms in total. The molecule has 0 spiro atoms. The van der Waals surface area contributed by atoms with Crippen molar-refractivity contribution in [1.29, 1.82) is 0 Å². The Morgan fingerprint density at radius 2 is 1.50 bits per heavy atom. The van der Waals surface area contributed by atoms with E-state index in [0.717, 1.165) is 38.7 Å². The lowest BCUT2D eigenvalue weighted by Crippen LogP contribution is -1.98. The number of carbonyl (C=O) groups is 1. The van der Waals surface area contributed by atoms with Crippen LogP contribution in [-0.2, 0) is 0 Å². The number of methoxy groups -OCH3 is 2. The molecule has 0 bridgehead atoms. The van der Waals surface area contributed by atoms with Crippen molar-refractivity contribution in [3.8, 4) is 11.5 Å². The van der Waals surface area contributed by atoms with Crippen molar-refractivity contribution in [2.75, 3.05) is 20.5 Å². The number of ketones is 1. The van der Waals surface area contributed by atoms with Crippen LogP contribution < -0.4 is 9.47 Å². The van der Waals surface area contributed by atoms with Crippen molar-refractivity contribution in [2.45, 2.75) is 0 Å². The quantitative estimate of drug-likeness (QED) is 0.850. The van der Waals surface area contributed by atoms with E-state index in [1.165, 1.54) is 0 Å². The van der Waals surface area contributed by atoms with E-state index < -0.39 is 0 Å². The number of allylic oxidation sites excluding steroid dienone is 1. The van der Waals surface area contributed by atoms with Gasteiger partial charge in [0.2, 0.25) is 0 Å².